The largest absolute Gasteiger partial charge is 0.341 e. The van der Waals surface area contributed by atoms with Crippen LogP contribution in [0.4, 0.5) is 4.79 Å². The number of aryl methyl sites for hydroxylation is 2. The third-order valence-corrected chi connectivity index (χ3v) is 7.88. The average Bonchev–Trinajstić information content (AvgIpc) is 3.47. The van der Waals surface area contributed by atoms with Crippen molar-refractivity contribution in [2.75, 3.05) is 19.6 Å². The predicted molar refractivity (Wildman–Crippen MR) is 127 cm³/mol. The summed E-state index contributed by atoms with van der Waals surface area (Å²) < 4.78 is 1.74. The van der Waals surface area contributed by atoms with Crippen LogP contribution in [0.5, 0.6) is 0 Å². The van der Waals surface area contributed by atoms with Gasteiger partial charge in [0, 0.05) is 30.2 Å². The smallest absolute Gasteiger partial charge is 0.325 e. The van der Waals surface area contributed by atoms with Gasteiger partial charge in [0.25, 0.3) is 5.91 Å². The fraction of sp³-hybridized carbons (Fsp3) is 0.583. The van der Waals surface area contributed by atoms with Crippen LogP contribution < -0.4 is 5.32 Å². The number of carbonyl (C=O) groups is 3. The van der Waals surface area contributed by atoms with Crippen molar-refractivity contribution in [2.45, 2.75) is 65.0 Å². The maximum atomic E-state index is 13.5. The highest BCUT2D eigenvalue weighted by atomic mass is 32.1. The van der Waals surface area contributed by atoms with Crippen molar-refractivity contribution in [1.82, 2.24) is 24.9 Å². The van der Waals surface area contributed by atoms with E-state index < -0.39 is 5.54 Å². The zero-order valence-electron chi connectivity index (χ0n) is 19.7. The second-order valence-electron chi connectivity index (χ2n) is 9.18. The molecule has 0 saturated carbocycles. The van der Waals surface area contributed by atoms with Gasteiger partial charge in [0.05, 0.1) is 5.69 Å². The summed E-state index contributed by atoms with van der Waals surface area (Å²) in [6.07, 6.45) is 3.51. The molecule has 2 aromatic rings. The summed E-state index contributed by atoms with van der Waals surface area (Å²) in [5.74, 6) is -0.0276. The van der Waals surface area contributed by atoms with Gasteiger partial charge in [0.1, 0.15) is 12.1 Å². The van der Waals surface area contributed by atoms with E-state index in [0.29, 0.717) is 45.3 Å². The minimum absolute atomic E-state index is 0.0263. The van der Waals surface area contributed by atoms with Gasteiger partial charge in [0.2, 0.25) is 5.91 Å². The number of hydrogen-bond acceptors (Lipinski definition) is 5. The number of amides is 4. The number of likely N-dealkylation sites (tertiary alicyclic amines) is 1. The highest BCUT2D eigenvalue weighted by molar-refractivity contribution is 7.09. The molecule has 2 fully saturated rings. The van der Waals surface area contributed by atoms with Crippen molar-refractivity contribution >= 4 is 29.2 Å². The van der Waals surface area contributed by atoms with Crippen molar-refractivity contribution in [3.05, 3.63) is 39.8 Å². The topological polar surface area (TPSA) is 87.5 Å². The third kappa shape index (κ3) is 4.69. The summed E-state index contributed by atoms with van der Waals surface area (Å²) in [4.78, 5) is 43.6. The quantitative estimate of drug-likeness (QED) is 0.599. The summed E-state index contributed by atoms with van der Waals surface area (Å²) in [6, 6.07) is 5.69. The SMILES string of the molecule is CCCC1(C2CCN(C(=O)Cn3nc(C)cc3C)CC2)NC(=O)N(CCc2cccs2)C1=O. The lowest BCUT2D eigenvalue weighted by atomic mass is 9.74. The van der Waals surface area contributed by atoms with Crippen LogP contribution in [0.2, 0.25) is 0 Å². The molecule has 0 spiro atoms. The molecule has 4 heterocycles. The van der Waals surface area contributed by atoms with E-state index in [2.05, 4.69) is 10.4 Å². The molecule has 0 aromatic carbocycles. The summed E-state index contributed by atoms with van der Waals surface area (Å²) >= 11 is 1.64. The zero-order valence-corrected chi connectivity index (χ0v) is 20.5. The first-order chi connectivity index (χ1) is 15.8. The van der Waals surface area contributed by atoms with Crippen LogP contribution in [0.25, 0.3) is 0 Å². The number of urea groups is 1. The van der Waals surface area contributed by atoms with E-state index in [-0.39, 0.29) is 30.3 Å². The molecule has 0 bridgehead atoms. The minimum atomic E-state index is -0.855. The van der Waals surface area contributed by atoms with Crippen molar-refractivity contribution < 1.29 is 14.4 Å². The van der Waals surface area contributed by atoms with Gasteiger partial charge >= 0.3 is 6.03 Å². The van der Waals surface area contributed by atoms with Gasteiger partial charge in [0.15, 0.2) is 0 Å². The maximum absolute atomic E-state index is 13.5. The number of aromatic nitrogens is 2. The molecular weight excluding hydrogens is 438 g/mol. The number of thiophene rings is 1. The van der Waals surface area contributed by atoms with Gasteiger partial charge in [-0.05, 0) is 63.0 Å². The van der Waals surface area contributed by atoms with Crippen LogP contribution in [-0.2, 0) is 22.6 Å². The number of nitrogens with one attached hydrogen (secondary N) is 1. The first-order valence-corrected chi connectivity index (χ1v) is 12.7. The molecule has 2 aliphatic rings. The summed E-state index contributed by atoms with van der Waals surface area (Å²) in [6.45, 7) is 7.73. The Bertz CT molecular complexity index is 1010. The second-order valence-corrected chi connectivity index (χ2v) is 10.2. The molecule has 0 radical (unpaired) electrons. The van der Waals surface area contributed by atoms with E-state index in [1.165, 1.54) is 4.90 Å². The van der Waals surface area contributed by atoms with Crippen LogP contribution in [0.1, 0.15) is 48.9 Å². The standard InChI is InChI=1S/C24H33N5O3S/c1-4-10-24(22(31)28(23(32)25-24)13-9-20-6-5-14-33-20)19-7-11-27(12-8-19)21(30)16-29-18(3)15-17(2)26-29/h5-6,14-15,19H,4,7-13,16H2,1-3H3,(H,25,32). The maximum Gasteiger partial charge on any atom is 0.325 e. The minimum Gasteiger partial charge on any atom is -0.341 e. The summed E-state index contributed by atoms with van der Waals surface area (Å²) in [5.41, 5.74) is 1.02. The van der Waals surface area contributed by atoms with E-state index in [1.807, 2.05) is 49.3 Å². The van der Waals surface area contributed by atoms with Crippen LogP contribution >= 0.6 is 11.3 Å². The highest BCUT2D eigenvalue weighted by Gasteiger charge is 2.55. The zero-order chi connectivity index (χ0) is 23.6. The highest BCUT2D eigenvalue weighted by Crippen LogP contribution is 2.37. The number of carbonyl (C=O) groups excluding carboxylic acids is 3. The van der Waals surface area contributed by atoms with E-state index >= 15 is 0 Å². The van der Waals surface area contributed by atoms with E-state index in [9.17, 15) is 14.4 Å². The molecule has 0 aliphatic carbocycles. The molecule has 178 valence electrons. The lowest BCUT2D eigenvalue weighted by Crippen LogP contribution is -2.56. The summed E-state index contributed by atoms with van der Waals surface area (Å²) in [7, 11) is 0. The lowest BCUT2D eigenvalue weighted by molar-refractivity contribution is -0.136. The van der Waals surface area contributed by atoms with Crippen molar-refractivity contribution in [3.63, 3.8) is 0 Å². The van der Waals surface area contributed by atoms with E-state index in [1.54, 1.807) is 16.0 Å². The molecule has 1 N–H and O–H groups in total. The first kappa shape index (κ1) is 23.5. The first-order valence-electron chi connectivity index (χ1n) is 11.8. The molecule has 4 amide bonds. The van der Waals surface area contributed by atoms with E-state index in [0.717, 1.165) is 22.7 Å². The number of nitrogens with zero attached hydrogens (tertiary/aromatic N) is 4. The Hall–Kier alpha value is -2.68. The van der Waals surface area contributed by atoms with Crippen molar-refractivity contribution in [2.24, 2.45) is 5.92 Å². The van der Waals surface area contributed by atoms with Gasteiger partial charge in [-0.3, -0.25) is 19.2 Å². The fourth-order valence-corrected chi connectivity index (χ4v) is 5.95. The monoisotopic (exact) mass is 471 g/mol. The molecule has 2 aliphatic heterocycles. The van der Waals surface area contributed by atoms with Gasteiger partial charge in [-0.2, -0.15) is 5.10 Å². The lowest BCUT2D eigenvalue weighted by Gasteiger charge is -2.41. The Balaban J connectivity index is 1.40. The molecule has 2 aromatic heterocycles. The molecule has 1 atom stereocenters. The average molecular weight is 472 g/mol. The number of hydrogen-bond donors (Lipinski definition) is 1. The van der Waals surface area contributed by atoms with Crippen LogP contribution in [-0.4, -0.2) is 62.6 Å². The molecule has 33 heavy (non-hydrogen) atoms. The van der Waals surface area contributed by atoms with E-state index in [4.69, 9.17) is 0 Å². The third-order valence-electron chi connectivity index (χ3n) is 6.94. The Labute approximate surface area is 198 Å². The van der Waals surface area contributed by atoms with Crippen LogP contribution in [0.3, 0.4) is 0 Å². The Morgan fingerprint density at radius 1 is 1.27 bits per heavy atom. The van der Waals surface area contributed by atoms with Gasteiger partial charge in [-0.1, -0.05) is 19.4 Å². The predicted octanol–water partition coefficient (Wildman–Crippen LogP) is 3.13. The van der Waals surface area contributed by atoms with Crippen molar-refractivity contribution in [1.29, 1.82) is 0 Å². The molecule has 2 saturated heterocycles. The molecule has 9 heteroatoms. The molecular formula is C24H33N5O3S. The van der Waals surface area contributed by atoms with Crippen LogP contribution in [0.15, 0.2) is 23.6 Å². The Morgan fingerprint density at radius 2 is 2.03 bits per heavy atom. The summed E-state index contributed by atoms with van der Waals surface area (Å²) in [5, 5.41) is 9.48. The number of rotatable bonds is 8. The Kier molecular flexibility index (Phi) is 6.88. The fourth-order valence-electron chi connectivity index (χ4n) is 5.25. The molecule has 1 unspecified atom stereocenters. The molecule has 4 rings (SSSR count). The van der Waals surface area contributed by atoms with Crippen molar-refractivity contribution in [3.8, 4) is 0 Å². The van der Waals surface area contributed by atoms with Gasteiger partial charge in [-0.15, -0.1) is 11.3 Å². The number of piperidine rings is 1. The van der Waals surface area contributed by atoms with Gasteiger partial charge < -0.3 is 10.2 Å². The van der Waals surface area contributed by atoms with Gasteiger partial charge in [-0.25, -0.2) is 4.79 Å². The number of imide groups is 1. The Morgan fingerprint density at radius 3 is 2.64 bits per heavy atom. The van der Waals surface area contributed by atoms with Crippen LogP contribution in [0, 0.1) is 19.8 Å². The normalized spacial score (nSPS) is 21.7. The molecule has 8 nitrogen and oxygen atoms in total. The second kappa shape index (κ2) is 9.67.